The zero-order valence-electron chi connectivity index (χ0n) is 17.2. The second-order valence-corrected chi connectivity index (χ2v) is 8.55. The number of anilines is 1. The summed E-state index contributed by atoms with van der Waals surface area (Å²) in [6.45, 7) is 7.43. The monoisotopic (exact) mass is 426 g/mol. The van der Waals surface area contributed by atoms with Crippen LogP contribution in [0.3, 0.4) is 0 Å². The van der Waals surface area contributed by atoms with E-state index in [0.29, 0.717) is 11.3 Å². The smallest absolute Gasteiger partial charge is 0.280 e. The number of rotatable bonds is 5. The van der Waals surface area contributed by atoms with E-state index in [1.807, 2.05) is 39.8 Å². The van der Waals surface area contributed by atoms with Gasteiger partial charge in [-0.2, -0.15) is 0 Å². The van der Waals surface area contributed by atoms with Gasteiger partial charge < -0.3 is 5.32 Å². The van der Waals surface area contributed by atoms with Crippen molar-refractivity contribution in [2.24, 2.45) is 0 Å². The van der Waals surface area contributed by atoms with Crippen molar-refractivity contribution in [3.63, 3.8) is 0 Å². The molecule has 0 aliphatic heterocycles. The van der Waals surface area contributed by atoms with Crippen LogP contribution in [-0.4, -0.2) is 26.9 Å². The van der Waals surface area contributed by atoms with Crippen LogP contribution in [0.1, 0.15) is 48.4 Å². The second-order valence-electron chi connectivity index (χ2n) is 7.95. The summed E-state index contributed by atoms with van der Waals surface area (Å²) in [6.07, 6.45) is 0. The van der Waals surface area contributed by atoms with E-state index >= 15 is 0 Å². The van der Waals surface area contributed by atoms with Crippen molar-refractivity contribution in [3.8, 4) is 0 Å². The van der Waals surface area contributed by atoms with Gasteiger partial charge in [-0.3, -0.25) is 14.5 Å². The van der Waals surface area contributed by atoms with Crippen molar-refractivity contribution < 1.29 is 14.0 Å². The summed E-state index contributed by atoms with van der Waals surface area (Å²) in [4.78, 5) is 28.3. The Balaban J connectivity index is 2.19. The first-order chi connectivity index (χ1) is 14.2. The molecule has 0 bridgehead atoms. The van der Waals surface area contributed by atoms with E-state index in [1.165, 1.54) is 34.5 Å². The van der Waals surface area contributed by atoms with Crippen LogP contribution in [0.15, 0.2) is 53.9 Å². The highest BCUT2D eigenvalue weighted by atomic mass is 32.1. The van der Waals surface area contributed by atoms with Gasteiger partial charge in [0.15, 0.2) is 5.69 Å². The maximum absolute atomic E-state index is 13.6. The Labute approximate surface area is 178 Å². The number of carbonyl (C=O) groups is 2. The van der Waals surface area contributed by atoms with E-state index in [9.17, 15) is 14.0 Å². The van der Waals surface area contributed by atoms with Crippen molar-refractivity contribution in [2.75, 3.05) is 4.90 Å². The highest BCUT2D eigenvalue weighted by molar-refractivity contribution is 7.03. The molecule has 30 heavy (non-hydrogen) atoms. The summed E-state index contributed by atoms with van der Waals surface area (Å²) in [5.41, 5.74) is 1.47. The van der Waals surface area contributed by atoms with Gasteiger partial charge in [0, 0.05) is 16.6 Å². The Hall–Kier alpha value is -3.13. The quantitative estimate of drug-likeness (QED) is 0.660. The normalized spacial score (nSPS) is 12.3. The lowest BCUT2D eigenvalue weighted by molar-refractivity contribution is -0.123. The number of aromatic nitrogens is 2. The largest absolute Gasteiger partial charge is 0.349 e. The summed E-state index contributed by atoms with van der Waals surface area (Å²) < 4.78 is 17.4. The van der Waals surface area contributed by atoms with Gasteiger partial charge in [0.2, 0.25) is 5.91 Å². The fraction of sp³-hybridized carbons (Fsp3) is 0.273. The van der Waals surface area contributed by atoms with Crippen molar-refractivity contribution in [1.29, 1.82) is 0 Å². The number of hydrogen-bond acceptors (Lipinski definition) is 5. The minimum absolute atomic E-state index is 0.138. The molecule has 6 nitrogen and oxygen atoms in total. The lowest BCUT2D eigenvalue weighted by atomic mass is 9.99. The molecule has 0 saturated heterocycles. The molecule has 1 N–H and O–H groups in total. The third kappa shape index (κ3) is 4.88. The van der Waals surface area contributed by atoms with Crippen LogP contribution < -0.4 is 10.2 Å². The molecule has 156 valence electrons. The van der Waals surface area contributed by atoms with Crippen LogP contribution in [0.5, 0.6) is 0 Å². The summed E-state index contributed by atoms with van der Waals surface area (Å²) in [5.74, 6) is -1.27. The number of amides is 2. The number of nitrogens with one attached hydrogen (secondary N) is 1. The van der Waals surface area contributed by atoms with Gasteiger partial charge in [-0.05, 0) is 68.6 Å². The number of halogens is 1. The van der Waals surface area contributed by atoms with E-state index in [-0.39, 0.29) is 11.6 Å². The molecule has 1 atom stereocenters. The minimum atomic E-state index is -1.03. The van der Waals surface area contributed by atoms with Crippen LogP contribution in [0.4, 0.5) is 10.1 Å². The van der Waals surface area contributed by atoms with E-state index < -0.39 is 23.3 Å². The van der Waals surface area contributed by atoms with Crippen LogP contribution in [-0.2, 0) is 4.79 Å². The third-order valence-electron chi connectivity index (χ3n) is 4.36. The highest BCUT2D eigenvalue weighted by Gasteiger charge is 2.36. The summed E-state index contributed by atoms with van der Waals surface area (Å²) in [7, 11) is 0. The number of para-hydroxylation sites is 1. The first-order valence-electron chi connectivity index (χ1n) is 9.41. The van der Waals surface area contributed by atoms with Crippen LogP contribution >= 0.6 is 11.5 Å². The fourth-order valence-corrected chi connectivity index (χ4v) is 3.51. The summed E-state index contributed by atoms with van der Waals surface area (Å²) in [6, 6.07) is 11.8. The van der Waals surface area contributed by atoms with Gasteiger partial charge in [0.05, 0.1) is 0 Å². The first kappa shape index (κ1) is 21.6. The molecule has 0 unspecified atom stereocenters. The molecule has 3 aromatic rings. The lowest BCUT2D eigenvalue weighted by Gasteiger charge is -2.34. The van der Waals surface area contributed by atoms with E-state index in [1.54, 1.807) is 12.1 Å². The molecule has 2 aromatic carbocycles. The van der Waals surface area contributed by atoms with Gasteiger partial charge >= 0.3 is 0 Å². The summed E-state index contributed by atoms with van der Waals surface area (Å²) in [5, 5.41) is 8.38. The van der Waals surface area contributed by atoms with Gasteiger partial charge in [-0.15, -0.1) is 5.10 Å². The fourth-order valence-electron chi connectivity index (χ4n) is 3.08. The lowest BCUT2D eigenvalue weighted by Crippen LogP contribution is -2.49. The van der Waals surface area contributed by atoms with Gasteiger partial charge in [-0.25, -0.2) is 4.39 Å². The number of hydrogen-bond donors (Lipinski definition) is 1. The molecule has 0 radical (unpaired) electrons. The second kappa shape index (κ2) is 8.71. The maximum Gasteiger partial charge on any atom is 0.280 e. The Kier molecular flexibility index (Phi) is 6.26. The SMILES string of the molecule is Cc1ccccc1N(C(=O)c1csnn1)[C@H](C(=O)NC(C)(C)C)c1ccc(F)cc1. The minimum Gasteiger partial charge on any atom is -0.349 e. The average Bonchev–Trinajstić information content (AvgIpc) is 3.21. The Morgan fingerprint density at radius 3 is 2.33 bits per heavy atom. The van der Waals surface area contributed by atoms with Gasteiger partial charge in [0.25, 0.3) is 5.91 Å². The van der Waals surface area contributed by atoms with Crippen LogP contribution in [0.25, 0.3) is 0 Å². The van der Waals surface area contributed by atoms with Gasteiger partial charge in [-0.1, -0.05) is 34.8 Å². The predicted molar refractivity (Wildman–Crippen MR) is 115 cm³/mol. The molecule has 1 aromatic heterocycles. The van der Waals surface area contributed by atoms with Gasteiger partial charge in [0.1, 0.15) is 11.9 Å². The van der Waals surface area contributed by atoms with Crippen molar-refractivity contribution in [2.45, 2.75) is 39.3 Å². The highest BCUT2D eigenvalue weighted by Crippen LogP contribution is 2.32. The summed E-state index contributed by atoms with van der Waals surface area (Å²) >= 11 is 1.05. The number of aryl methyl sites for hydroxylation is 1. The molecule has 0 aliphatic rings. The number of nitrogens with zero attached hydrogens (tertiary/aromatic N) is 3. The molecule has 1 heterocycles. The third-order valence-corrected chi connectivity index (χ3v) is 4.87. The van der Waals surface area contributed by atoms with E-state index in [0.717, 1.165) is 17.1 Å². The average molecular weight is 427 g/mol. The molecule has 0 spiro atoms. The maximum atomic E-state index is 13.6. The molecule has 0 saturated carbocycles. The molecular weight excluding hydrogens is 403 g/mol. The van der Waals surface area contributed by atoms with Crippen LogP contribution in [0.2, 0.25) is 0 Å². The van der Waals surface area contributed by atoms with Crippen molar-refractivity contribution in [3.05, 3.63) is 76.5 Å². The zero-order valence-corrected chi connectivity index (χ0v) is 18.0. The molecule has 0 fully saturated rings. The topological polar surface area (TPSA) is 75.2 Å². The number of benzene rings is 2. The van der Waals surface area contributed by atoms with Crippen molar-refractivity contribution in [1.82, 2.24) is 14.9 Å². The Morgan fingerprint density at radius 1 is 1.10 bits per heavy atom. The molecular formula is C22H23FN4O2S. The molecule has 0 aliphatic carbocycles. The van der Waals surface area contributed by atoms with E-state index in [4.69, 9.17) is 0 Å². The molecule has 8 heteroatoms. The van der Waals surface area contributed by atoms with Crippen molar-refractivity contribution >= 4 is 29.0 Å². The Bertz CT molecular complexity index is 1030. The standard InChI is InChI=1S/C22H23FN4O2S/c1-14-7-5-6-8-18(14)27(21(29)17-13-30-26-25-17)19(20(28)24-22(2,3)4)15-9-11-16(23)12-10-15/h5-13,19H,1-4H3,(H,24,28)/t19-/m0/s1. The molecule has 3 rings (SSSR count). The first-order valence-corrected chi connectivity index (χ1v) is 10.2. The zero-order chi connectivity index (χ0) is 21.9. The van der Waals surface area contributed by atoms with Crippen LogP contribution in [0, 0.1) is 12.7 Å². The predicted octanol–water partition coefficient (Wildman–Crippen LogP) is 4.29. The molecule has 2 amide bonds. The van der Waals surface area contributed by atoms with E-state index in [2.05, 4.69) is 14.9 Å². The number of carbonyl (C=O) groups excluding carboxylic acids is 2. The Morgan fingerprint density at radius 2 is 1.77 bits per heavy atom.